The summed E-state index contributed by atoms with van der Waals surface area (Å²) in [6.07, 6.45) is 1.68. The van der Waals surface area contributed by atoms with Gasteiger partial charge in [0.15, 0.2) is 5.11 Å². The van der Waals surface area contributed by atoms with Crippen molar-refractivity contribution in [2.24, 2.45) is 0 Å². The zero-order valence-corrected chi connectivity index (χ0v) is 9.38. The highest BCUT2D eigenvalue weighted by atomic mass is 32.1. The van der Waals surface area contributed by atoms with Gasteiger partial charge in [0, 0.05) is 12.2 Å². The molecule has 84 valence electrons. The highest BCUT2D eigenvalue weighted by molar-refractivity contribution is 7.80. The van der Waals surface area contributed by atoms with Crippen LogP contribution in [-0.4, -0.2) is 22.7 Å². The Hall–Kier alpha value is -1.88. The number of carboxylic acids is 1. The lowest BCUT2D eigenvalue weighted by Crippen LogP contribution is -2.28. The highest BCUT2D eigenvalue weighted by Gasteiger charge is 2.03. The number of hydrogen-bond donors (Lipinski definition) is 3. The van der Waals surface area contributed by atoms with E-state index in [0.29, 0.717) is 17.3 Å². The lowest BCUT2D eigenvalue weighted by atomic mass is 10.2. The third kappa shape index (κ3) is 3.70. The van der Waals surface area contributed by atoms with Gasteiger partial charge in [-0.2, -0.15) is 0 Å². The van der Waals surface area contributed by atoms with Gasteiger partial charge >= 0.3 is 5.97 Å². The second-order valence-electron chi connectivity index (χ2n) is 3.01. The van der Waals surface area contributed by atoms with Gasteiger partial charge in [0.1, 0.15) is 0 Å². The molecule has 0 aliphatic carbocycles. The number of rotatable bonds is 4. The second kappa shape index (κ2) is 5.87. The van der Waals surface area contributed by atoms with Crippen LogP contribution >= 0.6 is 12.2 Å². The standard InChI is InChI=1S/C11H12N2O2S/c1-2-6-12-11(16)13-9-5-3-4-8(7-9)10(14)15/h2-5,7H,1,6H2,(H,14,15)(H2,12,13,16). The highest BCUT2D eigenvalue weighted by Crippen LogP contribution is 2.10. The number of carbonyl (C=O) groups is 1. The van der Waals surface area contributed by atoms with Crippen LogP contribution in [0.2, 0.25) is 0 Å². The topological polar surface area (TPSA) is 61.4 Å². The molecule has 0 radical (unpaired) electrons. The van der Waals surface area contributed by atoms with Crippen molar-refractivity contribution in [3.05, 3.63) is 42.5 Å². The Labute approximate surface area is 99.0 Å². The number of nitrogens with one attached hydrogen (secondary N) is 2. The van der Waals surface area contributed by atoms with Gasteiger partial charge < -0.3 is 15.7 Å². The van der Waals surface area contributed by atoms with E-state index in [1.54, 1.807) is 18.2 Å². The van der Waals surface area contributed by atoms with Crippen LogP contribution in [0.15, 0.2) is 36.9 Å². The van der Waals surface area contributed by atoms with Gasteiger partial charge in [-0.05, 0) is 30.4 Å². The molecule has 1 rings (SSSR count). The number of benzene rings is 1. The first kappa shape index (κ1) is 12.2. The van der Waals surface area contributed by atoms with E-state index in [9.17, 15) is 4.79 Å². The van der Waals surface area contributed by atoms with Crippen LogP contribution in [-0.2, 0) is 0 Å². The Balaban J connectivity index is 2.66. The Morgan fingerprint density at radius 2 is 2.31 bits per heavy atom. The molecule has 1 aromatic carbocycles. The molecule has 0 saturated heterocycles. The monoisotopic (exact) mass is 236 g/mol. The summed E-state index contributed by atoms with van der Waals surface area (Å²) in [4.78, 5) is 10.7. The van der Waals surface area contributed by atoms with E-state index in [1.807, 2.05) is 0 Å². The molecule has 3 N–H and O–H groups in total. The Morgan fingerprint density at radius 3 is 2.94 bits per heavy atom. The van der Waals surface area contributed by atoms with Crippen LogP contribution in [0.3, 0.4) is 0 Å². The molecule has 0 aliphatic heterocycles. The molecule has 0 spiro atoms. The van der Waals surface area contributed by atoms with Crippen LogP contribution < -0.4 is 10.6 Å². The first-order valence-electron chi connectivity index (χ1n) is 4.62. The molecule has 0 aromatic heterocycles. The fourth-order valence-corrected chi connectivity index (χ4v) is 1.27. The van der Waals surface area contributed by atoms with E-state index in [-0.39, 0.29) is 5.56 Å². The quantitative estimate of drug-likeness (QED) is 0.550. The summed E-state index contributed by atoms with van der Waals surface area (Å²) in [6.45, 7) is 4.11. The minimum absolute atomic E-state index is 0.219. The van der Waals surface area contributed by atoms with E-state index in [2.05, 4.69) is 17.2 Å². The maximum Gasteiger partial charge on any atom is 0.335 e. The maximum absolute atomic E-state index is 10.7. The van der Waals surface area contributed by atoms with E-state index >= 15 is 0 Å². The fraction of sp³-hybridized carbons (Fsp3) is 0.0909. The molecule has 0 fully saturated rings. The van der Waals surface area contributed by atoms with E-state index in [4.69, 9.17) is 17.3 Å². The largest absolute Gasteiger partial charge is 0.478 e. The van der Waals surface area contributed by atoms with Crippen molar-refractivity contribution in [2.45, 2.75) is 0 Å². The number of carboxylic acid groups (broad SMARTS) is 1. The molecule has 0 atom stereocenters. The summed E-state index contributed by atoms with van der Waals surface area (Å²) in [7, 11) is 0. The van der Waals surface area contributed by atoms with Crippen LogP contribution in [0, 0.1) is 0 Å². The zero-order chi connectivity index (χ0) is 12.0. The fourth-order valence-electron chi connectivity index (χ4n) is 1.07. The van der Waals surface area contributed by atoms with Gasteiger partial charge in [-0.15, -0.1) is 6.58 Å². The van der Waals surface area contributed by atoms with Crippen molar-refractivity contribution in [1.29, 1.82) is 0 Å². The first-order chi connectivity index (χ1) is 7.63. The van der Waals surface area contributed by atoms with Crippen molar-refractivity contribution in [1.82, 2.24) is 5.32 Å². The summed E-state index contributed by atoms with van der Waals surface area (Å²) < 4.78 is 0. The molecule has 0 bridgehead atoms. The van der Waals surface area contributed by atoms with E-state index < -0.39 is 5.97 Å². The van der Waals surface area contributed by atoms with Crippen LogP contribution in [0.1, 0.15) is 10.4 Å². The zero-order valence-electron chi connectivity index (χ0n) is 8.56. The van der Waals surface area contributed by atoms with Crippen LogP contribution in [0.25, 0.3) is 0 Å². The molecule has 0 saturated carbocycles. The SMILES string of the molecule is C=CCNC(=S)Nc1cccc(C(=O)O)c1. The van der Waals surface area contributed by atoms with E-state index in [0.717, 1.165) is 0 Å². The first-order valence-corrected chi connectivity index (χ1v) is 5.03. The molecule has 0 amide bonds. The molecule has 0 unspecified atom stereocenters. The molecule has 0 heterocycles. The average molecular weight is 236 g/mol. The lowest BCUT2D eigenvalue weighted by molar-refractivity contribution is 0.0697. The summed E-state index contributed by atoms with van der Waals surface area (Å²) in [5.74, 6) is -0.964. The summed E-state index contributed by atoms with van der Waals surface area (Å²) in [5.41, 5.74) is 0.859. The minimum atomic E-state index is -0.964. The van der Waals surface area contributed by atoms with E-state index in [1.165, 1.54) is 12.1 Å². The maximum atomic E-state index is 10.7. The van der Waals surface area contributed by atoms with Crippen molar-refractivity contribution < 1.29 is 9.90 Å². The minimum Gasteiger partial charge on any atom is -0.478 e. The molecule has 5 heteroatoms. The summed E-state index contributed by atoms with van der Waals surface area (Å²) in [6, 6.07) is 6.44. The molecule has 16 heavy (non-hydrogen) atoms. The van der Waals surface area contributed by atoms with Gasteiger partial charge in [0.2, 0.25) is 0 Å². The third-order valence-electron chi connectivity index (χ3n) is 1.77. The molecular formula is C11H12N2O2S. The molecule has 4 nitrogen and oxygen atoms in total. The molecule has 1 aromatic rings. The normalized spacial score (nSPS) is 9.25. The molecule has 0 aliphatic rings. The van der Waals surface area contributed by atoms with Crippen molar-refractivity contribution in [3.63, 3.8) is 0 Å². The summed E-state index contributed by atoms with van der Waals surface area (Å²) >= 11 is 4.99. The Kier molecular flexibility index (Phi) is 4.47. The van der Waals surface area contributed by atoms with Crippen LogP contribution in [0.5, 0.6) is 0 Å². The number of thiocarbonyl (C=S) groups is 1. The lowest BCUT2D eigenvalue weighted by Gasteiger charge is -2.09. The predicted molar refractivity (Wildman–Crippen MR) is 67.8 cm³/mol. The number of hydrogen-bond acceptors (Lipinski definition) is 2. The van der Waals surface area contributed by atoms with Gasteiger partial charge in [0.25, 0.3) is 0 Å². The summed E-state index contributed by atoms with van der Waals surface area (Å²) in [5, 5.41) is 15.0. The van der Waals surface area contributed by atoms with Gasteiger partial charge in [0.05, 0.1) is 5.56 Å². The predicted octanol–water partition coefficient (Wildman–Crippen LogP) is 1.86. The van der Waals surface area contributed by atoms with Gasteiger partial charge in [-0.25, -0.2) is 4.79 Å². The second-order valence-corrected chi connectivity index (χ2v) is 3.42. The number of aromatic carboxylic acids is 1. The third-order valence-corrected chi connectivity index (χ3v) is 2.02. The van der Waals surface area contributed by atoms with Crippen molar-refractivity contribution in [2.75, 3.05) is 11.9 Å². The number of anilines is 1. The van der Waals surface area contributed by atoms with Crippen molar-refractivity contribution in [3.8, 4) is 0 Å². The molecular weight excluding hydrogens is 224 g/mol. The van der Waals surface area contributed by atoms with Crippen molar-refractivity contribution >= 4 is 29.0 Å². The van der Waals surface area contributed by atoms with Gasteiger partial charge in [-0.3, -0.25) is 0 Å². The van der Waals surface area contributed by atoms with Gasteiger partial charge in [-0.1, -0.05) is 12.1 Å². The smallest absolute Gasteiger partial charge is 0.335 e. The average Bonchev–Trinajstić information content (AvgIpc) is 2.26. The Morgan fingerprint density at radius 1 is 1.56 bits per heavy atom. The Bertz CT molecular complexity index is 418. The van der Waals surface area contributed by atoms with Crippen LogP contribution in [0.4, 0.5) is 5.69 Å².